The van der Waals surface area contributed by atoms with Gasteiger partial charge in [0.1, 0.15) is 5.00 Å². The van der Waals surface area contributed by atoms with Crippen LogP contribution in [0.15, 0.2) is 48.7 Å². The van der Waals surface area contributed by atoms with E-state index in [0.717, 1.165) is 16.1 Å². The highest BCUT2D eigenvalue weighted by Crippen LogP contribution is 2.27. The van der Waals surface area contributed by atoms with Crippen LogP contribution in [0.2, 0.25) is 0 Å². The Morgan fingerprint density at radius 1 is 1.25 bits per heavy atom. The molecule has 0 bridgehead atoms. The first kappa shape index (κ1) is 12.6. The summed E-state index contributed by atoms with van der Waals surface area (Å²) in [5.74, 6) is -0.930. The lowest BCUT2D eigenvalue weighted by atomic mass is 10.2. The van der Waals surface area contributed by atoms with Crippen LogP contribution in [0.1, 0.15) is 15.2 Å². The summed E-state index contributed by atoms with van der Waals surface area (Å²) < 4.78 is 1.63. The maximum absolute atomic E-state index is 11.3. The summed E-state index contributed by atoms with van der Waals surface area (Å²) in [5.41, 5.74) is 2.12. The number of rotatable bonds is 3. The minimum absolute atomic E-state index is 0.287. The Hall–Kier alpha value is -2.40. The lowest BCUT2D eigenvalue weighted by Crippen LogP contribution is -2.02. The van der Waals surface area contributed by atoms with Gasteiger partial charge in [-0.15, -0.1) is 11.3 Å². The number of aromatic carboxylic acids is 1. The lowest BCUT2D eigenvalue weighted by Gasteiger charge is -1.99. The van der Waals surface area contributed by atoms with Gasteiger partial charge in [-0.3, -0.25) is 0 Å². The van der Waals surface area contributed by atoms with Crippen LogP contribution in [0.3, 0.4) is 0 Å². The summed E-state index contributed by atoms with van der Waals surface area (Å²) in [4.78, 5) is 12.2. The number of carboxylic acid groups (broad SMARTS) is 1. The molecular weight excluding hydrogens is 272 g/mol. The van der Waals surface area contributed by atoms with Crippen molar-refractivity contribution in [1.29, 1.82) is 0 Å². The van der Waals surface area contributed by atoms with Crippen molar-refractivity contribution in [3.05, 3.63) is 59.1 Å². The number of hydrogen-bond donors (Lipinski definition) is 1. The minimum Gasteiger partial charge on any atom is -0.478 e. The van der Waals surface area contributed by atoms with E-state index in [4.69, 9.17) is 0 Å². The summed E-state index contributed by atoms with van der Waals surface area (Å²) in [6.07, 6.45) is 1.79. The molecule has 2 aromatic heterocycles. The van der Waals surface area contributed by atoms with Gasteiger partial charge in [-0.05, 0) is 19.1 Å². The van der Waals surface area contributed by atoms with Gasteiger partial charge in [0, 0.05) is 16.6 Å². The number of aryl methyl sites for hydroxylation is 1. The molecule has 0 fully saturated rings. The molecule has 20 heavy (non-hydrogen) atoms. The summed E-state index contributed by atoms with van der Waals surface area (Å²) in [7, 11) is 0. The van der Waals surface area contributed by atoms with E-state index in [2.05, 4.69) is 5.10 Å². The number of hydrogen-bond acceptors (Lipinski definition) is 3. The summed E-state index contributed by atoms with van der Waals surface area (Å²) >= 11 is 1.42. The number of carboxylic acids is 1. The van der Waals surface area contributed by atoms with Gasteiger partial charge in [0.25, 0.3) is 0 Å². The van der Waals surface area contributed by atoms with E-state index in [1.165, 1.54) is 11.3 Å². The number of nitrogens with zero attached hydrogens (tertiary/aromatic N) is 2. The standard InChI is InChI=1S/C15H12N2O2S/c1-10-9-12(15(18)19)14(20-10)17-8-7-13(16-17)11-5-3-2-4-6-11/h2-9H,1H3,(H,18,19). The molecule has 0 saturated heterocycles. The first-order valence-corrected chi connectivity index (χ1v) is 6.92. The fourth-order valence-corrected chi connectivity index (χ4v) is 2.96. The van der Waals surface area contributed by atoms with Gasteiger partial charge >= 0.3 is 5.97 Å². The molecule has 3 aromatic rings. The topological polar surface area (TPSA) is 55.1 Å². The average Bonchev–Trinajstić information content (AvgIpc) is 3.06. The highest BCUT2D eigenvalue weighted by atomic mass is 32.1. The van der Waals surface area contributed by atoms with E-state index in [0.29, 0.717) is 5.00 Å². The zero-order valence-corrected chi connectivity index (χ0v) is 11.6. The minimum atomic E-state index is -0.930. The third-order valence-corrected chi connectivity index (χ3v) is 3.97. The SMILES string of the molecule is Cc1cc(C(=O)O)c(-n2ccc(-c3ccccc3)n2)s1. The zero-order valence-electron chi connectivity index (χ0n) is 10.8. The largest absolute Gasteiger partial charge is 0.478 e. The summed E-state index contributed by atoms with van der Waals surface area (Å²) in [5, 5.41) is 14.3. The maximum Gasteiger partial charge on any atom is 0.338 e. The van der Waals surface area contributed by atoms with E-state index in [1.54, 1.807) is 16.9 Å². The monoisotopic (exact) mass is 284 g/mol. The first-order chi connectivity index (χ1) is 9.65. The summed E-state index contributed by atoms with van der Waals surface area (Å²) in [6.45, 7) is 1.89. The number of thiophene rings is 1. The summed E-state index contributed by atoms with van der Waals surface area (Å²) in [6, 6.07) is 13.4. The second-order valence-corrected chi connectivity index (χ2v) is 5.63. The van der Waals surface area contributed by atoms with Gasteiger partial charge in [0.2, 0.25) is 0 Å². The smallest absolute Gasteiger partial charge is 0.338 e. The van der Waals surface area contributed by atoms with Crippen LogP contribution in [0.4, 0.5) is 0 Å². The van der Waals surface area contributed by atoms with Crippen molar-refractivity contribution in [3.63, 3.8) is 0 Å². The quantitative estimate of drug-likeness (QED) is 0.799. The molecule has 1 aromatic carbocycles. The van der Waals surface area contributed by atoms with E-state index >= 15 is 0 Å². The Labute approximate surface area is 119 Å². The van der Waals surface area contributed by atoms with Crippen LogP contribution in [-0.2, 0) is 0 Å². The molecule has 3 rings (SSSR count). The van der Waals surface area contributed by atoms with Crippen LogP contribution < -0.4 is 0 Å². The molecule has 0 radical (unpaired) electrons. The van der Waals surface area contributed by atoms with Gasteiger partial charge in [0.05, 0.1) is 11.3 Å². The number of carbonyl (C=O) groups is 1. The Bertz CT molecular complexity index is 759. The molecule has 1 N–H and O–H groups in total. The molecule has 100 valence electrons. The third-order valence-electron chi connectivity index (χ3n) is 2.93. The molecule has 0 aliphatic heterocycles. The van der Waals surface area contributed by atoms with Crippen molar-refractivity contribution in [3.8, 4) is 16.3 Å². The maximum atomic E-state index is 11.3. The molecule has 0 aliphatic rings. The first-order valence-electron chi connectivity index (χ1n) is 6.10. The molecule has 0 unspecified atom stereocenters. The van der Waals surface area contributed by atoms with Crippen LogP contribution in [-0.4, -0.2) is 20.9 Å². The van der Waals surface area contributed by atoms with E-state index in [9.17, 15) is 9.90 Å². The highest BCUT2D eigenvalue weighted by Gasteiger charge is 2.16. The average molecular weight is 284 g/mol. The van der Waals surface area contributed by atoms with Crippen molar-refractivity contribution < 1.29 is 9.90 Å². The Morgan fingerprint density at radius 2 is 2.00 bits per heavy atom. The molecule has 5 heteroatoms. The van der Waals surface area contributed by atoms with Gasteiger partial charge in [-0.25, -0.2) is 9.48 Å². The van der Waals surface area contributed by atoms with Crippen molar-refractivity contribution in [2.45, 2.75) is 6.92 Å². The van der Waals surface area contributed by atoms with Crippen LogP contribution in [0.5, 0.6) is 0 Å². The molecular formula is C15H12N2O2S. The molecule has 2 heterocycles. The van der Waals surface area contributed by atoms with Gasteiger partial charge in [0.15, 0.2) is 0 Å². The van der Waals surface area contributed by atoms with Crippen molar-refractivity contribution >= 4 is 17.3 Å². The molecule has 0 atom stereocenters. The van der Waals surface area contributed by atoms with E-state index in [1.807, 2.05) is 43.3 Å². The third kappa shape index (κ3) is 2.23. The van der Waals surface area contributed by atoms with Gasteiger partial charge < -0.3 is 5.11 Å². The van der Waals surface area contributed by atoms with Crippen molar-refractivity contribution in [2.75, 3.05) is 0 Å². The zero-order chi connectivity index (χ0) is 14.1. The fourth-order valence-electron chi connectivity index (χ4n) is 2.03. The molecule has 0 spiro atoms. The second-order valence-electron chi connectivity index (χ2n) is 4.39. The van der Waals surface area contributed by atoms with Crippen LogP contribution in [0.25, 0.3) is 16.3 Å². The Kier molecular flexibility index (Phi) is 3.12. The van der Waals surface area contributed by atoms with Crippen molar-refractivity contribution in [1.82, 2.24) is 9.78 Å². The van der Waals surface area contributed by atoms with Crippen molar-refractivity contribution in [2.24, 2.45) is 0 Å². The van der Waals surface area contributed by atoms with Gasteiger partial charge in [-0.1, -0.05) is 30.3 Å². The lowest BCUT2D eigenvalue weighted by molar-refractivity contribution is 0.0697. The van der Waals surface area contributed by atoms with Gasteiger partial charge in [-0.2, -0.15) is 5.10 Å². The fraction of sp³-hybridized carbons (Fsp3) is 0.0667. The number of benzene rings is 1. The predicted octanol–water partition coefficient (Wildman–Crippen LogP) is 3.61. The van der Waals surface area contributed by atoms with E-state index < -0.39 is 5.97 Å². The molecule has 0 aliphatic carbocycles. The molecule has 4 nitrogen and oxygen atoms in total. The Morgan fingerprint density at radius 3 is 2.70 bits per heavy atom. The molecule has 0 saturated carbocycles. The normalized spacial score (nSPS) is 10.7. The second kappa shape index (κ2) is 4.94. The predicted molar refractivity (Wildman–Crippen MR) is 78.6 cm³/mol. The van der Waals surface area contributed by atoms with E-state index in [-0.39, 0.29) is 5.56 Å². The molecule has 0 amide bonds. The number of aromatic nitrogens is 2. The highest BCUT2D eigenvalue weighted by molar-refractivity contribution is 7.14. The van der Waals surface area contributed by atoms with Crippen LogP contribution in [0, 0.1) is 6.92 Å². The van der Waals surface area contributed by atoms with Crippen LogP contribution >= 0.6 is 11.3 Å². The Balaban J connectivity index is 2.05.